The van der Waals surface area contributed by atoms with Gasteiger partial charge >= 0.3 is 0 Å². The smallest absolute Gasteiger partial charge is 0.171 e. The molecule has 0 bridgehead atoms. The van der Waals surface area contributed by atoms with E-state index in [1.165, 1.54) is 12.2 Å². The van der Waals surface area contributed by atoms with Crippen molar-refractivity contribution in [1.29, 1.82) is 0 Å². The summed E-state index contributed by atoms with van der Waals surface area (Å²) in [5, 5.41) is 0. The fraction of sp³-hybridized carbons (Fsp3) is 0.111. The highest BCUT2D eigenvalue weighted by molar-refractivity contribution is 6.12. The van der Waals surface area contributed by atoms with Gasteiger partial charge in [0, 0.05) is 6.42 Å². The van der Waals surface area contributed by atoms with E-state index in [2.05, 4.69) is 0 Å². The van der Waals surface area contributed by atoms with E-state index in [1.807, 2.05) is 60.7 Å². The molecule has 2 nitrogen and oxygen atoms in total. The van der Waals surface area contributed by atoms with Crippen molar-refractivity contribution < 1.29 is 9.59 Å². The first-order valence-corrected chi connectivity index (χ1v) is 6.60. The number of allylic oxidation sites excluding steroid dienone is 2. The minimum atomic E-state index is -0.881. The average molecular weight is 262 g/mol. The van der Waals surface area contributed by atoms with Gasteiger partial charge in [-0.1, -0.05) is 60.7 Å². The topological polar surface area (TPSA) is 34.1 Å². The molecule has 2 aromatic carbocycles. The average Bonchev–Trinajstić information content (AvgIpc) is 2.51. The quantitative estimate of drug-likeness (QED) is 0.833. The van der Waals surface area contributed by atoms with E-state index in [1.54, 1.807) is 0 Å². The Kier molecular flexibility index (Phi) is 3.07. The highest BCUT2D eigenvalue weighted by Crippen LogP contribution is 2.39. The molecule has 0 saturated heterocycles. The van der Waals surface area contributed by atoms with Gasteiger partial charge in [0.25, 0.3) is 0 Å². The summed E-state index contributed by atoms with van der Waals surface area (Å²) in [5.74, 6) is -0.0493. The zero-order valence-corrected chi connectivity index (χ0v) is 11.0. The first kappa shape index (κ1) is 12.5. The van der Waals surface area contributed by atoms with Crippen molar-refractivity contribution in [3.8, 4) is 0 Å². The van der Waals surface area contributed by atoms with Gasteiger partial charge in [0.05, 0.1) is 5.41 Å². The number of hydrogen-bond donors (Lipinski definition) is 0. The largest absolute Gasteiger partial charge is 0.295 e. The minimum absolute atomic E-state index is 0.0164. The summed E-state index contributed by atoms with van der Waals surface area (Å²) in [5.41, 5.74) is 0.858. The van der Waals surface area contributed by atoms with Crippen LogP contribution in [0.2, 0.25) is 0 Å². The van der Waals surface area contributed by atoms with Crippen molar-refractivity contribution in [2.24, 2.45) is 0 Å². The zero-order chi connectivity index (χ0) is 14.0. The molecule has 0 radical (unpaired) electrons. The molecule has 0 saturated carbocycles. The summed E-state index contributed by atoms with van der Waals surface area (Å²) in [6, 6.07) is 19.1. The van der Waals surface area contributed by atoms with Crippen LogP contribution < -0.4 is 0 Å². The summed E-state index contributed by atoms with van der Waals surface area (Å²) < 4.78 is 0. The number of carbonyl (C=O) groups is 2. The van der Waals surface area contributed by atoms with Gasteiger partial charge in [0.15, 0.2) is 11.6 Å². The van der Waals surface area contributed by atoms with Gasteiger partial charge in [-0.2, -0.15) is 0 Å². The molecule has 0 heterocycles. The lowest BCUT2D eigenvalue weighted by molar-refractivity contribution is -0.125. The number of rotatable bonds is 2. The van der Waals surface area contributed by atoms with Crippen molar-refractivity contribution in [1.82, 2.24) is 0 Å². The first-order chi connectivity index (χ1) is 9.73. The van der Waals surface area contributed by atoms with Gasteiger partial charge in [0.2, 0.25) is 0 Å². The Hall–Kier alpha value is -2.48. The lowest BCUT2D eigenvalue weighted by Crippen LogP contribution is -2.40. The Morgan fingerprint density at radius 2 is 1.20 bits per heavy atom. The van der Waals surface area contributed by atoms with Gasteiger partial charge in [-0.25, -0.2) is 0 Å². The highest BCUT2D eigenvalue weighted by Gasteiger charge is 2.43. The Morgan fingerprint density at radius 3 is 1.70 bits per heavy atom. The van der Waals surface area contributed by atoms with Crippen LogP contribution in [0.4, 0.5) is 0 Å². The van der Waals surface area contributed by atoms with E-state index in [0.29, 0.717) is 0 Å². The third kappa shape index (κ3) is 1.90. The van der Waals surface area contributed by atoms with Crippen molar-refractivity contribution in [2.45, 2.75) is 11.8 Å². The zero-order valence-electron chi connectivity index (χ0n) is 11.0. The van der Waals surface area contributed by atoms with E-state index in [0.717, 1.165) is 11.1 Å². The monoisotopic (exact) mass is 262 g/mol. The van der Waals surface area contributed by atoms with Gasteiger partial charge in [-0.15, -0.1) is 0 Å². The maximum atomic E-state index is 12.6. The third-order valence-corrected chi connectivity index (χ3v) is 3.81. The molecule has 3 rings (SSSR count). The summed E-state index contributed by atoms with van der Waals surface area (Å²) in [6.07, 6.45) is 2.98. The Balaban J connectivity index is 2.26. The number of ketones is 2. The molecule has 0 aliphatic heterocycles. The molecule has 20 heavy (non-hydrogen) atoms. The molecule has 0 unspecified atom stereocenters. The van der Waals surface area contributed by atoms with Crippen LogP contribution in [-0.4, -0.2) is 11.6 Å². The predicted molar refractivity (Wildman–Crippen MR) is 77.4 cm³/mol. The SMILES string of the molecule is O=C1C=CC(=O)C(c2ccccc2)(c2ccccc2)C1. The Labute approximate surface area is 117 Å². The second-order valence-electron chi connectivity index (χ2n) is 4.98. The molecule has 98 valence electrons. The maximum absolute atomic E-state index is 12.6. The molecular weight excluding hydrogens is 248 g/mol. The lowest BCUT2D eigenvalue weighted by atomic mass is 9.66. The fourth-order valence-electron chi connectivity index (χ4n) is 2.82. The van der Waals surface area contributed by atoms with Crippen LogP contribution in [0.15, 0.2) is 72.8 Å². The van der Waals surface area contributed by atoms with Gasteiger partial charge in [-0.3, -0.25) is 9.59 Å². The molecule has 0 aromatic heterocycles. The van der Waals surface area contributed by atoms with Crippen molar-refractivity contribution in [3.05, 3.63) is 83.9 Å². The highest BCUT2D eigenvalue weighted by atomic mass is 16.1. The van der Waals surface area contributed by atoms with Crippen LogP contribution in [0.3, 0.4) is 0 Å². The second-order valence-corrected chi connectivity index (χ2v) is 4.98. The molecule has 2 aromatic rings. The van der Waals surface area contributed by atoms with Crippen LogP contribution in [0.1, 0.15) is 17.5 Å². The Morgan fingerprint density at radius 1 is 0.700 bits per heavy atom. The molecular formula is C18H14O2. The van der Waals surface area contributed by atoms with E-state index in [9.17, 15) is 9.59 Å². The molecule has 0 fully saturated rings. The van der Waals surface area contributed by atoms with E-state index in [4.69, 9.17) is 0 Å². The van der Waals surface area contributed by atoms with Crippen molar-refractivity contribution >= 4 is 11.6 Å². The van der Waals surface area contributed by atoms with Gasteiger partial charge < -0.3 is 0 Å². The van der Waals surface area contributed by atoms with Crippen LogP contribution in [0.25, 0.3) is 0 Å². The fourth-order valence-corrected chi connectivity index (χ4v) is 2.82. The standard InChI is InChI=1S/C18H14O2/c19-16-11-12-17(20)18(13-16,14-7-3-1-4-8-14)15-9-5-2-6-10-15/h1-12H,13H2. The maximum Gasteiger partial charge on any atom is 0.171 e. The minimum Gasteiger partial charge on any atom is -0.295 e. The Bertz CT molecular complexity index is 630. The molecule has 1 aliphatic rings. The first-order valence-electron chi connectivity index (χ1n) is 6.60. The molecule has 0 amide bonds. The summed E-state index contributed by atoms with van der Waals surface area (Å²) >= 11 is 0. The molecule has 0 N–H and O–H groups in total. The van der Waals surface area contributed by atoms with Gasteiger partial charge in [0.1, 0.15) is 0 Å². The molecule has 0 spiro atoms. The summed E-state index contributed by atoms with van der Waals surface area (Å²) in [6.45, 7) is 0. The molecule has 0 atom stereocenters. The van der Waals surface area contributed by atoms with Crippen LogP contribution >= 0.6 is 0 Å². The van der Waals surface area contributed by atoms with Crippen LogP contribution in [0, 0.1) is 0 Å². The normalized spacial score (nSPS) is 17.2. The summed E-state index contributed by atoms with van der Waals surface area (Å²) in [4.78, 5) is 24.6. The van der Waals surface area contributed by atoms with Crippen LogP contribution in [0.5, 0.6) is 0 Å². The van der Waals surface area contributed by atoms with Gasteiger partial charge in [-0.05, 0) is 23.3 Å². The van der Waals surface area contributed by atoms with E-state index >= 15 is 0 Å². The second kappa shape index (κ2) is 4.89. The number of hydrogen-bond acceptors (Lipinski definition) is 2. The van der Waals surface area contributed by atoms with E-state index in [-0.39, 0.29) is 18.0 Å². The predicted octanol–water partition coefficient (Wildman–Crippen LogP) is 3.07. The van der Waals surface area contributed by atoms with Crippen molar-refractivity contribution in [3.63, 3.8) is 0 Å². The molecule has 1 aliphatic carbocycles. The van der Waals surface area contributed by atoms with Crippen molar-refractivity contribution in [2.75, 3.05) is 0 Å². The number of benzene rings is 2. The summed E-state index contributed by atoms with van der Waals surface area (Å²) in [7, 11) is 0. The number of carbonyl (C=O) groups excluding carboxylic acids is 2. The lowest BCUT2D eigenvalue weighted by Gasteiger charge is -2.33. The third-order valence-electron chi connectivity index (χ3n) is 3.81. The molecule has 2 heteroatoms. The van der Waals surface area contributed by atoms with E-state index < -0.39 is 5.41 Å². The van der Waals surface area contributed by atoms with Crippen LogP contribution in [-0.2, 0) is 15.0 Å².